The molecule has 0 amide bonds. The molecule has 0 aromatic heterocycles. The predicted octanol–water partition coefficient (Wildman–Crippen LogP) is 1.83. The van der Waals surface area contributed by atoms with Crippen LogP contribution in [0.5, 0.6) is 11.5 Å². The molecule has 4 nitrogen and oxygen atoms in total. The molecular weight excluding hydrogens is 242 g/mol. The van der Waals surface area contributed by atoms with Crippen molar-refractivity contribution in [1.29, 1.82) is 0 Å². The molecule has 0 aliphatic heterocycles. The Morgan fingerprint density at radius 2 is 2.18 bits per heavy atom. The minimum atomic E-state index is 0.0989. The molecule has 0 saturated heterocycles. The average molecular weight is 260 g/mol. The van der Waals surface area contributed by atoms with Crippen LogP contribution in [0.4, 0.5) is 0 Å². The molecule has 5 heteroatoms. The van der Waals surface area contributed by atoms with E-state index in [1.54, 1.807) is 13.2 Å². The summed E-state index contributed by atoms with van der Waals surface area (Å²) in [6.45, 7) is 3.68. The maximum atomic E-state index is 8.73. The zero-order valence-corrected chi connectivity index (χ0v) is 10.9. The van der Waals surface area contributed by atoms with Crippen LogP contribution in [0.25, 0.3) is 0 Å². The molecule has 0 saturated carbocycles. The number of nitrogens with one attached hydrogen (secondary N) is 1. The molecule has 0 fully saturated rings. The topological polar surface area (TPSA) is 50.7 Å². The van der Waals surface area contributed by atoms with Crippen LogP contribution < -0.4 is 14.8 Å². The van der Waals surface area contributed by atoms with E-state index < -0.39 is 0 Å². The summed E-state index contributed by atoms with van der Waals surface area (Å²) in [7, 11) is 1.58. The summed E-state index contributed by atoms with van der Waals surface area (Å²) in [5.74, 6) is 1.32. The van der Waals surface area contributed by atoms with E-state index in [1.165, 1.54) is 0 Å². The van der Waals surface area contributed by atoms with Crippen LogP contribution in [0, 0.1) is 0 Å². The Balaban J connectivity index is 2.93. The first-order chi connectivity index (χ1) is 8.22. The normalized spacial score (nSPS) is 10.4. The fraction of sp³-hybridized carbons (Fsp3) is 0.500. The van der Waals surface area contributed by atoms with Crippen molar-refractivity contribution in [1.82, 2.24) is 5.32 Å². The second-order valence-corrected chi connectivity index (χ2v) is 3.87. The van der Waals surface area contributed by atoms with Gasteiger partial charge in [0.05, 0.1) is 20.3 Å². The summed E-state index contributed by atoms with van der Waals surface area (Å²) in [6, 6.07) is 3.56. The Morgan fingerprint density at radius 1 is 1.41 bits per heavy atom. The van der Waals surface area contributed by atoms with Crippen LogP contribution in [0.1, 0.15) is 12.5 Å². The summed E-state index contributed by atoms with van der Waals surface area (Å²) in [5, 5.41) is 12.4. The lowest BCUT2D eigenvalue weighted by atomic mass is 10.2. The highest BCUT2D eigenvalue weighted by Gasteiger charge is 2.12. The number of methoxy groups -OCH3 is 1. The highest BCUT2D eigenvalue weighted by atomic mass is 35.5. The maximum absolute atomic E-state index is 8.73. The van der Waals surface area contributed by atoms with Gasteiger partial charge in [-0.05, 0) is 13.0 Å². The van der Waals surface area contributed by atoms with Crippen LogP contribution in [0.3, 0.4) is 0 Å². The fourth-order valence-corrected chi connectivity index (χ4v) is 1.75. The smallest absolute Gasteiger partial charge is 0.165 e. The fourth-order valence-electron chi connectivity index (χ4n) is 1.52. The van der Waals surface area contributed by atoms with Crippen molar-refractivity contribution in [2.24, 2.45) is 0 Å². The molecule has 0 unspecified atom stereocenters. The number of hydrogen-bond acceptors (Lipinski definition) is 4. The van der Waals surface area contributed by atoms with Crippen molar-refractivity contribution in [2.75, 3.05) is 26.9 Å². The first-order valence-corrected chi connectivity index (χ1v) is 5.91. The van der Waals surface area contributed by atoms with Gasteiger partial charge in [0.2, 0.25) is 0 Å². The summed E-state index contributed by atoms with van der Waals surface area (Å²) in [6.07, 6.45) is 0. The second kappa shape index (κ2) is 7.37. The zero-order valence-electron chi connectivity index (χ0n) is 10.1. The monoisotopic (exact) mass is 259 g/mol. The molecule has 96 valence electrons. The van der Waals surface area contributed by atoms with Gasteiger partial charge in [0.25, 0.3) is 0 Å². The molecule has 1 aromatic rings. The first kappa shape index (κ1) is 14.1. The van der Waals surface area contributed by atoms with E-state index in [0.29, 0.717) is 36.2 Å². The third-order valence-electron chi connectivity index (χ3n) is 2.21. The van der Waals surface area contributed by atoms with Gasteiger partial charge < -0.3 is 19.9 Å². The minimum absolute atomic E-state index is 0.0989. The molecule has 0 heterocycles. The van der Waals surface area contributed by atoms with Gasteiger partial charge in [-0.1, -0.05) is 11.6 Å². The predicted molar refractivity (Wildman–Crippen MR) is 68.0 cm³/mol. The van der Waals surface area contributed by atoms with Gasteiger partial charge in [0.15, 0.2) is 11.5 Å². The van der Waals surface area contributed by atoms with Gasteiger partial charge in [-0.15, -0.1) is 0 Å². The van der Waals surface area contributed by atoms with E-state index >= 15 is 0 Å². The average Bonchev–Trinajstić information content (AvgIpc) is 2.32. The molecule has 0 radical (unpaired) electrons. The molecule has 1 aromatic carbocycles. The van der Waals surface area contributed by atoms with E-state index in [1.807, 2.05) is 13.0 Å². The number of aliphatic hydroxyl groups excluding tert-OH is 1. The summed E-state index contributed by atoms with van der Waals surface area (Å²) < 4.78 is 10.8. The van der Waals surface area contributed by atoms with Crippen molar-refractivity contribution in [3.8, 4) is 11.5 Å². The third-order valence-corrected chi connectivity index (χ3v) is 2.43. The van der Waals surface area contributed by atoms with E-state index in [4.69, 9.17) is 26.2 Å². The molecule has 1 rings (SSSR count). The van der Waals surface area contributed by atoms with E-state index in [0.717, 1.165) is 5.56 Å². The highest BCUT2D eigenvalue weighted by Crippen LogP contribution is 2.34. The van der Waals surface area contributed by atoms with Crippen molar-refractivity contribution < 1.29 is 14.6 Å². The van der Waals surface area contributed by atoms with Gasteiger partial charge in [-0.2, -0.15) is 0 Å². The molecular formula is C12H18ClNO3. The second-order valence-electron chi connectivity index (χ2n) is 3.43. The highest BCUT2D eigenvalue weighted by molar-refractivity contribution is 6.30. The lowest BCUT2D eigenvalue weighted by Gasteiger charge is -2.15. The third kappa shape index (κ3) is 4.07. The molecule has 0 aliphatic rings. The zero-order chi connectivity index (χ0) is 12.7. The number of benzene rings is 1. The Kier molecular flexibility index (Phi) is 6.11. The van der Waals surface area contributed by atoms with E-state index in [9.17, 15) is 0 Å². The molecule has 2 N–H and O–H groups in total. The Bertz CT molecular complexity index is 358. The number of aliphatic hydroxyl groups is 1. The van der Waals surface area contributed by atoms with Gasteiger partial charge in [0.1, 0.15) is 0 Å². The van der Waals surface area contributed by atoms with E-state index in [-0.39, 0.29) is 6.61 Å². The van der Waals surface area contributed by atoms with Gasteiger partial charge >= 0.3 is 0 Å². The van der Waals surface area contributed by atoms with Crippen LogP contribution in [0.15, 0.2) is 12.1 Å². The number of halogens is 1. The number of ether oxygens (including phenoxy) is 2. The largest absolute Gasteiger partial charge is 0.493 e. The Morgan fingerprint density at radius 3 is 2.76 bits per heavy atom. The molecule has 17 heavy (non-hydrogen) atoms. The quantitative estimate of drug-likeness (QED) is 0.734. The minimum Gasteiger partial charge on any atom is -0.493 e. The number of rotatable bonds is 7. The lowest BCUT2D eigenvalue weighted by Crippen LogP contribution is -2.18. The van der Waals surface area contributed by atoms with Gasteiger partial charge in [-0.3, -0.25) is 0 Å². The van der Waals surface area contributed by atoms with Gasteiger partial charge in [-0.25, -0.2) is 0 Å². The standard InChI is InChI=1S/C12H18ClNO3/c1-3-17-12-9(8-14-4-5-15)6-10(13)7-11(12)16-2/h6-7,14-15H,3-5,8H2,1-2H3. The van der Waals surface area contributed by atoms with E-state index in [2.05, 4.69) is 5.32 Å². The van der Waals surface area contributed by atoms with Crippen LogP contribution in [-0.2, 0) is 6.54 Å². The Labute approximate surface area is 106 Å². The Hall–Kier alpha value is -0.970. The maximum Gasteiger partial charge on any atom is 0.165 e. The van der Waals surface area contributed by atoms with Crippen molar-refractivity contribution in [3.05, 3.63) is 22.7 Å². The molecule has 0 atom stereocenters. The lowest BCUT2D eigenvalue weighted by molar-refractivity contribution is 0.289. The van der Waals surface area contributed by atoms with Crippen LogP contribution in [0.2, 0.25) is 5.02 Å². The summed E-state index contributed by atoms with van der Waals surface area (Å²) >= 11 is 6.00. The summed E-state index contributed by atoms with van der Waals surface area (Å²) in [4.78, 5) is 0. The van der Waals surface area contributed by atoms with Crippen molar-refractivity contribution in [2.45, 2.75) is 13.5 Å². The summed E-state index contributed by atoms with van der Waals surface area (Å²) in [5.41, 5.74) is 0.921. The molecule has 0 bridgehead atoms. The SMILES string of the molecule is CCOc1c(CNCCO)cc(Cl)cc1OC. The van der Waals surface area contributed by atoms with Crippen LogP contribution >= 0.6 is 11.6 Å². The number of hydrogen-bond donors (Lipinski definition) is 2. The first-order valence-electron chi connectivity index (χ1n) is 5.53. The van der Waals surface area contributed by atoms with Gasteiger partial charge in [0, 0.05) is 29.7 Å². The van der Waals surface area contributed by atoms with Crippen molar-refractivity contribution >= 4 is 11.6 Å². The molecule has 0 spiro atoms. The van der Waals surface area contributed by atoms with Crippen molar-refractivity contribution in [3.63, 3.8) is 0 Å². The van der Waals surface area contributed by atoms with Crippen LogP contribution in [-0.4, -0.2) is 32.0 Å². The molecule has 0 aliphatic carbocycles.